The second-order valence-electron chi connectivity index (χ2n) is 15.9. The number of nitrogens with one attached hydrogen (secondary N) is 2. The maximum atomic E-state index is 3.96. The summed E-state index contributed by atoms with van der Waals surface area (Å²) in [7, 11) is -0.154. The van der Waals surface area contributed by atoms with E-state index in [0.717, 1.165) is 22.6 Å². The average Bonchev–Trinajstić information content (AvgIpc) is 2.95. The lowest BCUT2D eigenvalue weighted by molar-refractivity contribution is 0.400. The molecule has 0 aromatic rings. The first-order valence-electron chi connectivity index (χ1n) is 17.6. The molecule has 230 valence electrons. The summed E-state index contributed by atoms with van der Waals surface area (Å²) in [5.74, 6) is 5.64. The molecule has 0 radical (unpaired) electrons. The molecule has 0 amide bonds. The highest BCUT2D eigenvalue weighted by atomic mass is 31.1. The lowest BCUT2D eigenvalue weighted by atomic mass is 9.92. The Hall–Kier alpha value is -0.0600. The van der Waals surface area contributed by atoms with Crippen molar-refractivity contribution in [1.82, 2.24) is 10.9 Å². The molecule has 0 bridgehead atoms. The van der Waals surface area contributed by atoms with Crippen LogP contribution in [0.15, 0.2) is 23.0 Å². The van der Waals surface area contributed by atoms with Gasteiger partial charge in [0, 0.05) is 22.2 Å². The molecular weight excluding hydrogens is 522 g/mol. The second kappa shape index (κ2) is 15.6. The van der Waals surface area contributed by atoms with Crippen LogP contribution in [0.1, 0.15) is 170 Å². The third-order valence-electron chi connectivity index (χ3n) is 10.5. The summed E-state index contributed by atoms with van der Waals surface area (Å²) in [6, 6.07) is 0. The smallest absolute Gasteiger partial charge is 0.0372 e. The Morgan fingerprint density at radius 3 is 0.850 bits per heavy atom. The molecule has 0 heterocycles. The van der Waals surface area contributed by atoms with E-state index in [-0.39, 0.29) is 26.7 Å². The molecule has 4 heteroatoms. The molecule has 2 N–H and O–H groups in total. The molecular formula is C36H66N2P2. The monoisotopic (exact) mass is 588 g/mol. The van der Waals surface area contributed by atoms with Gasteiger partial charge in [-0.1, -0.05) is 134 Å². The summed E-state index contributed by atoms with van der Waals surface area (Å²) in [5.41, 5.74) is 14.9. The molecule has 0 aromatic carbocycles. The Morgan fingerprint density at radius 1 is 0.425 bits per heavy atom. The van der Waals surface area contributed by atoms with Gasteiger partial charge >= 0.3 is 0 Å². The topological polar surface area (TPSA) is 24.1 Å². The molecule has 0 saturated heterocycles. The van der Waals surface area contributed by atoms with Crippen LogP contribution in [0.2, 0.25) is 0 Å². The van der Waals surface area contributed by atoms with Gasteiger partial charge < -0.3 is 10.9 Å². The molecule has 0 aromatic heterocycles. The van der Waals surface area contributed by atoms with Gasteiger partial charge in [0.1, 0.15) is 0 Å². The molecule has 40 heavy (non-hydrogen) atoms. The van der Waals surface area contributed by atoms with Crippen molar-refractivity contribution in [3.05, 3.63) is 23.0 Å². The van der Waals surface area contributed by atoms with E-state index in [1.54, 1.807) is 0 Å². The van der Waals surface area contributed by atoms with Crippen molar-refractivity contribution in [3.8, 4) is 0 Å². The van der Waals surface area contributed by atoms with Crippen LogP contribution in [0.3, 0.4) is 0 Å². The van der Waals surface area contributed by atoms with Gasteiger partial charge in [0.2, 0.25) is 0 Å². The molecule has 4 saturated carbocycles. The highest BCUT2D eigenvalue weighted by Gasteiger charge is 2.34. The fraction of sp³-hybridized carbons (Fsp3) is 0.889. The fourth-order valence-electron chi connectivity index (χ4n) is 7.79. The van der Waals surface area contributed by atoms with Crippen LogP contribution < -0.4 is 10.9 Å². The lowest BCUT2D eigenvalue weighted by Gasteiger charge is -2.40. The zero-order valence-electron chi connectivity index (χ0n) is 27.5. The van der Waals surface area contributed by atoms with Crippen LogP contribution in [0.25, 0.3) is 0 Å². The van der Waals surface area contributed by atoms with Gasteiger partial charge in [0.25, 0.3) is 0 Å². The summed E-state index contributed by atoms with van der Waals surface area (Å²) in [6.07, 6.45) is 29.4. The minimum atomic E-state index is -0.0768. The van der Waals surface area contributed by atoms with E-state index < -0.39 is 0 Å². The van der Waals surface area contributed by atoms with Crippen LogP contribution in [0.4, 0.5) is 0 Å². The molecule has 4 rings (SSSR count). The molecule has 2 nitrogen and oxygen atoms in total. The van der Waals surface area contributed by atoms with Crippen LogP contribution in [-0.4, -0.2) is 22.6 Å². The zero-order valence-corrected chi connectivity index (χ0v) is 29.3. The van der Waals surface area contributed by atoms with Gasteiger partial charge in [0.05, 0.1) is 0 Å². The third-order valence-corrected chi connectivity index (χ3v) is 17.0. The van der Waals surface area contributed by atoms with Gasteiger partial charge in [0.15, 0.2) is 0 Å². The summed E-state index contributed by atoms with van der Waals surface area (Å²) >= 11 is 0. The van der Waals surface area contributed by atoms with Crippen molar-refractivity contribution >= 4 is 15.8 Å². The van der Waals surface area contributed by atoms with Crippen LogP contribution in [0, 0.1) is 10.8 Å². The Kier molecular flexibility index (Phi) is 12.8. The standard InChI is InChI=1S/C36H66N2P2/c1-35(2,3)33(27-39(29-19-11-7-12-20-29)30-21-13-8-14-22-30)37-38-34(36(4,5)6)28-40(31-23-15-9-16-24-31)32-25-17-10-18-26-32/h27-32,37-38H,7-26H2,1-6H3/b33-27-,34-28+. The van der Waals surface area contributed by atoms with E-state index in [1.165, 1.54) is 140 Å². The Balaban J connectivity index is 1.59. The molecule has 0 aliphatic heterocycles. The van der Waals surface area contributed by atoms with Crippen LogP contribution in [0.5, 0.6) is 0 Å². The number of hydrogen-bond acceptors (Lipinski definition) is 2. The molecule has 0 atom stereocenters. The van der Waals surface area contributed by atoms with E-state index in [4.69, 9.17) is 0 Å². The maximum absolute atomic E-state index is 3.96. The van der Waals surface area contributed by atoms with Crippen LogP contribution in [-0.2, 0) is 0 Å². The van der Waals surface area contributed by atoms with Crippen molar-refractivity contribution in [1.29, 1.82) is 0 Å². The van der Waals surface area contributed by atoms with Crippen molar-refractivity contribution in [2.24, 2.45) is 10.8 Å². The predicted molar refractivity (Wildman–Crippen MR) is 183 cm³/mol. The maximum Gasteiger partial charge on any atom is 0.0372 e. The normalized spacial score (nSPS) is 24.6. The van der Waals surface area contributed by atoms with Crippen molar-refractivity contribution in [2.45, 2.75) is 193 Å². The molecule has 4 fully saturated rings. The molecule has 4 aliphatic carbocycles. The van der Waals surface area contributed by atoms with Crippen molar-refractivity contribution in [3.63, 3.8) is 0 Å². The first-order chi connectivity index (χ1) is 19.1. The van der Waals surface area contributed by atoms with Gasteiger partial charge in [-0.25, -0.2) is 0 Å². The quantitative estimate of drug-likeness (QED) is 0.207. The molecule has 4 aliphatic rings. The summed E-state index contributed by atoms with van der Waals surface area (Å²) in [6.45, 7) is 14.6. The molecule has 0 spiro atoms. The highest BCUT2D eigenvalue weighted by Crippen LogP contribution is 2.59. The van der Waals surface area contributed by atoms with Gasteiger partial charge in [-0.15, -0.1) is 0 Å². The first-order valence-corrected chi connectivity index (χ1v) is 20.7. The predicted octanol–water partition coefficient (Wildman–Crippen LogP) is 12.2. The first kappa shape index (κ1) is 32.8. The number of rotatable bonds is 9. The van der Waals surface area contributed by atoms with Crippen LogP contribution >= 0.6 is 15.8 Å². The Bertz CT molecular complexity index is 692. The largest absolute Gasteiger partial charge is 0.305 e. The summed E-state index contributed by atoms with van der Waals surface area (Å²) in [5, 5.41) is 0. The summed E-state index contributed by atoms with van der Waals surface area (Å²) in [4.78, 5) is 0. The number of allylic oxidation sites excluding steroid dienone is 2. The molecule has 0 unspecified atom stereocenters. The van der Waals surface area contributed by atoms with E-state index in [1.807, 2.05) is 0 Å². The number of hydrazine groups is 1. The van der Waals surface area contributed by atoms with Crippen molar-refractivity contribution in [2.75, 3.05) is 0 Å². The second-order valence-corrected chi connectivity index (χ2v) is 21.1. The van der Waals surface area contributed by atoms with Gasteiger partial charge in [-0.3, -0.25) is 0 Å². The summed E-state index contributed by atoms with van der Waals surface area (Å²) < 4.78 is 0. The minimum Gasteiger partial charge on any atom is -0.305 e. The van der Waals surface area contributed by atoms with E-state index in [2.05, 4.69) is 64.0 Å². The van der Waals surface area contributed by atoms with Gasteiger partial charge in [-0.05, 0) is 85.6 Å². The van der Waals surface area contributed by atoms with E-state index in [9.17, 15) is 0 Å². The number of hydrogen-bond donors (Lipinski definition) is 2. The SMILES string of the molecule is CC(C)(C)/C(=C/P(C1CCCCC1)C1CCCCC1)NN/C(=C/P(C1CCCCC1)C1CCCCC1)C(C)(C)C. The third kappa shape index (κ3) is 9.73. The fourth-order valence-corrected chi connectivity index (χ4v) is 15.2. The average molecular weight is 589 g/mol. The van der Waals surface area contributed by atoms with Crippen molar-refractivity contribution < 1.29 is 0 Å². The highest BCUT2D eigenvalue weighted by molar-refractivity contribution is 7.62. The Labute approximate surface area is 252 Å². The lowest BCUT2D eigenvalue weighted by Crippen LogP contribution is -2.39. The minimum absolute atomic E-state index is 0.0768. The Morgan fingerprint density at radius 2 is 0.650 bits per heavy atom. The van der Waals surface area contributed by atoms with E-state index >= 15 is 0 Å². The van der Waals surface area contributed by atoms with E-state index in [0.29, 0.717) is 0 Å². The van der Waals surface area contributed by atoms with Gasteiger partial charge in [-0.2, -0.15) is 0 Å². The zero-order chi connectivity index (χ0) is 28.6.